The first-order chi connectivity index (χ1) is 10.7. The van der Waals surface area contributed by atoms with Gasteiger partial charge in [0, 0.05) is 18.0 Å². The molecule has 0 spiro atoms. The highest BCUT2D eigenvalue weighted by atomic mass is 16.5. The van der Waals surface area contributed by atoms with E-state index in [0.29, 0.717) is 28.5 Å². The molecule has 0 fully saturated rings. The third kappa shape index (κ3) is 2.43. The van der Waals surface area contributed by atoms with Gasteiger partial charge in [-0.2, -0.15) is 5.10 Å². The van der Waals surface area contributed by atoms with Crippen LogP contribution in [0.5, 0.6) is 5.88 Å². The van der Waals surface area contributed by atoms with Crippen LogP contribution >= 0.6 is 0 Å². The van der Waals surface area contributed by atoms with Gasteiger partial charge in [-0.3, -0.25) is 0 Å². The van der Waals surface area contributed by atoms with Gasteiger partial charge < -0.3 is 15.6 Å². The summed E-state index contributed by atoms with van der Waals surface area (Å²) in [4.78, 5) is 8.68. The van der Waals surface area contributed by atoms with Crippen LogP contribution in [0.3, 0.4) is 0 Å². The summed E-state index contributed by atoms with van der Waals surface area (Å²) in [5, 5.41) is 13.0. The van der Waals surface area contributed by atoms with Gasteiger partial charge in [-0.05, 0) is 12.1 Å². The summed E-state index contributed by atoms with van der Waals surface area (Å²) < 4.78 is 6.66. The fraction of sp³-hybridized carbons (Fsp3) is 0.133. The molecule has 7 nitrogen and oxygen atoms in total. The van der Waals surface area contributed by atoms with Gasteiger partial charge >= 0.3 is 0 Å². The first-order valence-corrected chi connectivity index (χ1v) is 6.47. The Kier molecular flexibility index (Phi) is 3.60. The number of fused-ring (bicyclic) bond motifs is 1. The summed E-state index contributed by atoms with van der Waals surface area (Å²) in [6.07, 6.45) is 5.03. The van der Waals surface area contributed by atoms with Gasteiger partial charge in [0.2, 0.25) is 5.88 Å². The second kappa shape index (κ2) is 5.71. The number of aliphatic hydroxyl groups excluding tert-OH is 1. The fourth-order valence-corrected chi connectivity index (χ4v) is 2.03. The summed E-state index contributed by atoms with van der Waals surface area (Å²) in [6, 6.07) is 3.56. The number of nitrogen functional groups attached to an aromatic ring is 1. The van der Waals surface area contributed by atoms with E-state index < -0.39 is 0 Å². The van der Waals surface area contributed by atoms with Gasteiger partial charge in [0.25, 0.3) is 0 Å². The average Bonchev–Trinajstić information content (AvgIpc) is 2.95. The maximum atomic E-state index is 8.79. The smallest absolute Gasteiger partial charge is 0.236 e. The van der Waals surface area contributed by atoms with Crippen molar-refractivity contribution in [3.63, 3.8) is 0 Å². The molecule has 3 rings (SSSR count). The third-order valence-corrected chi connectivity index (χ3v) is 3.04. The molecule has 0 aliphatic heterocycles. The number of anilines is 1. The Morgan fingerprint density at radius 1 is 1.41 bits per heavy atom. The number of pyridine rings is 1. The SMILES string of the molecule is COc1ncc(-c2ccn3ncc(C#CCO)c3n2)cc1N. The second-order valence-corrected chi connectivity index (χ2v) is 4.42. The lowest BCUT2D eigenvalue weighted by Crippen LogP contribution is -1.97. The van der Waals surface area contributed by atoms with Crippen molar-refractivity contribution in [1.29, 1.82) is 0 Å². The zero-order chi connectivity index (χ0) is 15.5. The molecule has 3 heterocycles. The van der Waals surface area contributed by atoms with Crippen LogP contribution < -0.4 is 10.5 Å². The lowest BCUT2D eigenvalue weighted by atomic mass is 10.2. The topological polar surface area (TPSA) is 98.6 Å². The first-order valence-electron chi connectivity index (χ1n) is 6.47. The Labute approximate surface area is 126 Å². The zero-order valence-corrected chi connectivity index (χ0v) is 11.8. The number of hydrogen-bond acceptors (Lipinski definition) is 6. The lowest BCUT2D eigenvalue weighted by molar-refractivity contribution is 0.350. The van der Waals surface area contributed by atoms with E-state index >= 15 is 0 Å². The first kappa shape index (κ1) is 13.9. The molecule has 0 aromatic carbocycles. The molecule has 0 atom stereocenters. The standard InChI is InChI=1S/C15H13N5O2/c1-22-15-12(16)7-11(8-17-15)13-4-5-20-14(19-13)10(9-18-20)3-2-6-21/h4-5,7-9,21H,6,16H2,1H3. The highest BCUT2D eigenvalue weighted by Crippen LogP contribution is 2.25. The highest BCUT2D eigenvalue weighted by molar-refractivity contribution is 5.68. The van der Waals surface area contributed by atoms with Gasteiger partial charge in [0.15, 0.2) is 5.65 Å². The van der Waals surface area contributed by atoms with Crippen LogP contribution in [0.2, 0.25) is 0 Å². The van der Waals surface area contributed by atoms with Crippen LogP contribution in [0.25, 0.3) is 16.9 Å². The van der Waals surface area contributed by atoms with E-state index in [-0.39, 0.29) is 6.61 Å². The van der Waals surface area contributed by atoms with E-state index in [2.05, 4.69) is 26.9 Å². The number of ether oxygens (including phenoxy) is 1. The second-order valence-electron chi connectivity index (χ2n) is 4.42. The van der Waals surface area contributed by atoms with E-state index in [0.717, 1.165) is 5.56 Å². The summed E-state index contributed by atoms with van der Waals surface area (Å²) >= 11 is 0. The van der Waals surface area contributed by atoms with E-state index in [1.165, 1.54) is 7.11 Å². The van der Waals surface area contributed by atoms with Crippen molar-refractivity contribution < 1.29 is 9.84 Å². The predicted molar refractivity (Wildman–Crippen MR) is 81.1 cm³/mol. The highest BCUT2D eigenvalue weighted by Gasteiger charge is 2.09. The van der Waals surface area contributed by atoms with Gasteiger partial charge in [-0.15, -0.1) is 0 Å². The number of hydrogen-bond donors (Lipinski definition) is 2. The summed E-state index contributed by atoms with van der Waals surface area (Å²) in [7, 11) is 1.51. The van der Waals surface area contributed by atoms with E-state index in [9.17, 15) is 0 Å². The van der Waals surface area contributed by atoms with Crippen LogP contribution in [0.15, 0.2) is 30.7 Å². The molecule has 0 unspecified atom stereocenters. The Hall–Kier alpha value is -3.11. The van der Waals surface area contributed by atoms with Crippen molar-refractivity contribution in [3.05, 3.63) is 36.3 Å². The van der Waals surface area contributed by atoms with E-state index in [4.69, 9.17) is 15.6 Å². The van der Waals surface area contributed by atoms with Crippen molar-refractivity contribution in [3.8, 4) is 29.0 Å². The molecule has 0 bridgehead atoms. The number of nitrogens with zero attached hydrogens (tertiary/aromatic N) is 4. The summed E-state index contributed by atoms with van der Waals surface area (Å²) in [5.74, 6) is 5.79. The summed E-state index contributed by atoms with van der Waals surface area (Å²) in [6.45, 7) is -0.212. The number of rotatable bonds is 2. The van der Waals surface area contributed by atoms with Crippen LogP contribution in [0.1, 0.15) is 5.56 Å². The third-order valence-electron chi connectivity index (χ3n) is 3.04. The molecule has 3 aromatic heterocycles. The molecule has 110 valence electrons. The molecule has 0 aliphatic rings. The molecule has 7 heteroatoms. The van der Waals surface area contributed by atoms with Crippen LogP contribution in [0.4, 0.5) is 5.69 Å². The van der Waals surface area contributed by atoms with Crippen LogP contribution in [0, 0.1) is 11.8 Å². The maximum absolute atomic E-state index is 8.79. The number of aromatic nitrogens is 4. The number of methoxy groups -OCH3 is 1. The maximum Gasteiger partial charge on any atom is 0.236 e. The van der Waals surface area contributed by atoms with Gasteiger partial charge in [-0.25, -0.2) is 14.5 Å². The van der Waals surface area contributed by atoms with Crippen LogP contribution in [-0.2, 0) is 0 Å². The zero-order valence-electron chi connectivity index (χ0n) is 11.8. The van der Waals surface area contributed by atoms with Crippen molar-refractivity contribution in [2.24, 2.45) is 0 Å². The quantitative estimate of drug-likeness (QED) is 0.676. The molecule has 0 saturated carbocycles. The molecule has 3 aromatic rings. The molecular formula is C15H13N5O2. The Morgan fingerprint density at radius 3 is 3.00 bits per heavy atom. The average molecular weight is 295 g/mol. The Morgan fingerprint density at radius 2 is 2.27 bits per heavy atom. The van der Waals surface area contributed by atoms with E-state index in [1.54, 1.807) is 29.2 Å². The molecule has 0 amide bonds. The fourth-order valence-electron chi connectivity index (χ4n) is 2.03. The Bertz CT molecular complexity index is 892. The molecule has 22 heavy (non-hydrogen) atoms. The molecule has 0 radical (unpaired) electrons. The number of aliphatic hydroxyl groups is 1. The minimum atomic E-state index is -0.212. The molecular weight excluding hydrogens is 282 g/mol. The van der Waals surface area contributed by atoms with Gasteiger partial charge in [-0.1, -0.05) is 11.8 Å². The normalized spacial score (nSPS) is 10.3. The van der Waals surface area contributed by atoms with Crippen molar-refractivity contribution >= 4 is 11.3 Å². The molecule has 0 aliphatic carbocycles. The van der Waals surface area contributed by atoms with Crippen molar-refractivity contribution in [2.45, 2.75) is 0 Å². The predicted octanol–water partition coefficient (Wildman–Crippen LogP) is 0.726. The van der Waals surface area contributed by atoms with E-state index in [1.807, 2.05) is 6.07 Å². The van der Waals surface area contributed by atoms with Gasteiger partial charge in [0.05, 0.1) is 30.3 Å². The molecule has 3 N–H and O–H groups in total. The number of nitrogens with two attached hydrogens (primary N) is 1. The molecule has 0 saturated heterocycles. The largest absolute Gasteiger partial charge is 0.480 e. The monoisotopic (exact) mass is 295 g/mol. The minimum absolute atomic E-state index is 0.212. The summed E-state index contributed by atoms with van der Waals surface area (Å²) in [5.41, 5.74) is 9.03. The van der Waals surface area contributed by atoms with Crippen molar-refractivity contribution in [2.75, 3.05) is 19.5 Å². The lowest BCUT2D eigenvalue weighted by Gasteiger charge is -2.06. The minimum Gasteiger partial charge on any atom is -0.480 e. The van der Waals surface area contributed by atoms with Crippen molar-refractivity contribution in [1.82, 2.24) is 19.6 Å². The van der Waals surface area contributed by atoms with Crippen LogP contribution in [-0.4, -0.2) is 38.4 Å². The Balaban J connectivity index is 2.09. The van der Waals surface area contributed by atoms with Gasteiger partial charge in [0.1, 0.15) is 6.61 Å².